The van der Waals surface area contributed by atoms with Gasteiger partial charge in [0.15, 0.2) is 0 Å². The van der Waals surface area contributed by atoms with Crippen LogP contribution in [-0.4, -0.2) is 67.2 Å². The highest BCUT2D eigenvalue weighted by Gasteiger charge is 2.30. The molecular formula is C37H44FN5O5. The van der Waals surface area contributed by atoms with Crippen molar-refractivity contribution in [1.29, 1.82) is 0 Å². The molecule has 0 bridgehead atoms. The van der Waals surface area contributed by atoms with Gasteiger partial charge < -0.3 is 30.4 Å². The molecule has 2 heterocycles. The number of carbonyl (C=O) groups is 3. The van der Waals surface area contributed by atoms with Crippen molar-refractivity contribution in [3.8, 4) is 5.75 Å². The highest BCUT2D eigenvalue weighted by molar-refractivity contribution is 6.00. The molecule has 3 aromatic rings. The van der Waals surface area contributed by atoms with Crippen LogP contribution in [0.25, 0.3) is 5.57 Å². The van der Waals surface area contributed by atoms with Crippen LogP contribution in [0.2, 0.25) is 0 Å². The number of hydrogen-bond donors (Lipinski definition) is 4. The van der Waals surface area contributed by atoms with E-state index in [2.05, 4.69) is 32.4 Å². The van der Waals surface area contributed by atoms with Gasteiger partial charge in [0.2, 0.25) is 0 Å². The third kappa shape index (κ3) is 10.4. The number of aryl methyl sites for hydroxylation is 1. The molecule has 254 valence electrons. The van der Waals surface area contributed by atoms with E-state index in [9.17, 15) is 18.8 Å². The van der Waals surface area contributed by atoms with Gasteiger partial charge in [0, 0.05) is 30.7 Å². The van der Waals surface area contributed by atoms with Crippen LogP contribution in [0.15, 0.2) is 85.1 Å². The Kier molecular flexibility index (Phi) is 13.1. The smallest absolute Gasteiger partial charge is 0.323 e. The summed E-state index contributed by atoms with van der Waals surface area (Å²) in [6.45, 7) is 10.4. The highest BCUT2D eigenvalue weighted by atomic mass is 19.1. The number of benzene rings is 2. The molecule has 1 aliphatic heterocycles. The molecule has 1 atom stereocenters. The van der Waals surface area contributed by atoms with Crippen molar-refractivity contribution in [1.82, 2.24) is 15.2 Å². The Morgan fingerprint density at radius 3 is 2.67 bits per heavy atom. The number of aromatic amines is 1. The van der Waals surface area contributed by atoms with Gasteiger partial charge in [-0.25, -0.2) is 9.18 Å². The van der Waals surface area contributed by atoms with Crippen LogP contribution in [-0.2, 0) is 9.53 Å². The number of ether oxygens (including phenoxy) is 2. The van der Waals surface area contributed by atoms with Crippen LogP contribution in [0.3, 0.4) is 0 Å². The van der Waals surface area contributed by atoms with E-state index >= 15 is 0 Å². The minimum absolute atomic E-state index is 0.105. The summed E-state index contributed by atoms with van der Waals surface area (Å²) < 4.78 is 24.9. The second kappa shape index (κ2) is 17.7. The van der Waals surface area contributed by atoms with Crippen LogP contribution in [0.4, 0.5) is 20.6 Å². The fourth-order valence-corrected chi connectivity index (χ4v) is 5.32. The lowest BCUT2D eigenvalue weighted by atomic mass is 10.1. The van der Waals surface area contributed by atoms with Crippen molar-refractivity contribution in [3.05, 3.63) is 108 Å². The molecular weight excluding hydrogens is 613 g/mol. The summed E-state index contributed by atoms with van der Waals surface area (Å²) in [5.41, 5.74) is 4.23. The number of anilines is 2. The third-order valence-electron chi connectivity index (χ3n) is 7.85. The molecule has 48 heavy (non-hydrogen) atoms. The molecule has 4 rings (SSSR count). The molecule has 1 fully saturated rings. The lowest BCUT2D eigenvalue weighted by Crippen LogP contribution is -2.38. The van der Waals surface area contributed by atoms with Gasteiger partial charge in [0.05, 0.1) is 18.4 Å². The predicted molar refractivity (Wildman–Crippen MR) is 187 cm³/mol. The van der Waals surface area contributed by atoms with Crippen LogP contribution < -0.4 is 20.7 Å². The Balaban J connectivity index is 1.27. The highest BCUT2D eigenvalue weighted by Crippen LogP contribution is 2.22. The quantitative estimate of drug-likeness (QED) is 0.0806. The lowest BCUT2D eigenvalue weighted by Gasteiger charge is -2.22. The van der Waals surface area contributed by atoms with E-state index < -0.39 is 11.8 Å². The second-order valence-corrected chi connectivity index (χ2v) is 11.6. The van der Waals surface area contributed by atoms with Gasteiger partial charge in [-0.2, -0.15) is 0 Å². The first-order valence-electron chi connectivity index (χ1n) is 16.1. The number of allylic oxidation sites excluding steroid dienone is 3. The van der Waals surface area contributed by atoms with Crippen molar-refractivity contribution in [2.75, 3.05) is 44.0 Å². The number of rotatable bonds is 15. The maximum absolute atomic E-state index is 14.0. The molecule has 3 amide bonds. The van der Waals surface area contributed by atoms with Gasteiger partial charge in [0.25, 0.3) is 5.91 Å². The number of nitrogens with one attached hydrogen (secondary N) is 4. The Bertz CT molecular complexity index is 1650. The van der Waals surface area contributed by atoms with Crippen molar-refractivity contribution in [3.63, 3.8) is 0 Å². The van der Waals surface area contributed by atoms with Gasteiger partial charge in [-0.1, -0.05) is 31.7 Å². The van der Waals surface area contributed by atoms with Crippen LogP contribution in [0.5, 0.6) is 5.75 Å². The Morgan fingerprint density at radius 2 is 1.92 bits per heavy atom. The maximum Gasteiger partial charge on any atom is 0.323 e. The van der Waals surface area contributed by atoms with Gasteiger partial charge in [-0.05, 0) is 104 Å². The summed E-state index contributed by atoms with van der Waals surface area (Å²) >= 11 is 0. The number of hydrogen-bond acceptors (Lipinski definition) is 6. The molecule has 0 spiro atoms. The lowest BCUT2D eigenvalue weighted by molar-refractivity contribution is -0.145. The first-order chi connectivity index (χ1) is 23.2. The van der Waals surface area contributed by atoms with Gasteiger partial charge in [-0.15, -0.1) is 0 Å². The van der Waals surface area contributed by atoms with Crippen molar-refractivity contribution in [2.45, 2.75) is 45.6 Å². The summed E-state index contributed by atoms with van der Waals surface area (Å²) in [6, 6.07) is 12.4. The van der Waals surface area contributed by atoms with Crippen molar-refractivity contribution >= 4 is 34.9 Å². The SMILES string of the molecule is C=C(C=C(C=CCC)COc1ccc(NC(=O)Nc2cc(C)ccc2F)cc1)c1cc(C(=O)NCCCN2CCCC2C(=O)OC)c[nH]1. The van der Waals surface area contributed by atoms with E-state index in [1.165, 1.54) is 13.2 Å². The third-order valence-corrected chi connectivity index (χ3v) is 7.85. The zero-order valence-corrected chi connectivity index (χ0v) is 27.7. The molecule has 1 unspecified atom stereocenters. The van der Waals surface area contributed by atoms with Crippen LogP contribution in [0, 0.1) is 12.7 Å². The van der Waals surface area contributed by atoms with E-state index in [4.69, 9.17) is 9.47 Å². The zero-order valence-electron chi connectivity index (χ0n) is 27.7. The summed E-state index contributed by atoms with van der Waals surface area (Å²) in [5, 5.41) is 8.16. The van der Waals surface area contributed by atoms with Gasteiger partial charge in [-0.3, -0.25) is 14.5 Å². The molecule has 10 nitrogen and oxygen atoms in total. The summed E-state index contributed by atoms with van der Waals surface area (Å²) in [6.07, 6.45) is 10.9. The molecule has 0 aliphatic carbocycles. The number of urea groups is 1. The summed E-state index contributed by atoms with van der Waals surface area (Å²) in [5.74, 6) is -0.305. The van der Waals surface area contributed by atoms with E-state index in [0.29, 0.717) is 41.4 Å². The molecule has 1 aliphatic rings. The number of amides is 3. The van der Waals surface area contributed by atoms with E-state index in [1.54, 1.807) is 48.7 Å². The minimum atomic E-state index is -0.556. The minimum Gasteiger partial charge on any atom is -0.489 e. The fourth-order valence-electron chi connectivity index (χ4n) is 5.32. The average molecular weight is 658 g/mol. The Labute approximate surface area is 281 Å². The Hall–Kier alpha value is -5.16. The van der Waals surface area contributed by atoms with E-state index in [0.717, 1.165) is 43.4 Å². The molecule has 11 heteroatoms. The van der Waals surface area contributed by atoms with Crippen LogP contribution in [0.1, 0.15) is 54.2 Å². The first-order valence-corrected chi connectivity index (χ1v) is 16.1. The number of carbonyl (C=O) groups excluding carboxylic acids is 3. The van der Waals surface area contributed by atoms with Crippen molar-refractivity contribution < 1.29 is 28.2 Å². The van der Waals surface area contributed by atoms with Crippen molar-refractivity contribution in [2.24, 2.45) is 0 Å². The fraction of sp³-hybridized carbons (Fsp3) is 0.324. The first kappa shape index (κ1) is 35.7. The van der Waals surface area contributed by atoms with Gasteiger partial charge >= 0.3 is 12.0 Å². The standard InChI is InChI=1S/C37H44FN5O5/c1-5-6-9-27(24-48-30-14-12-29(13-15-30)41-37(46)42-33-20-25(2)11-16-31(33)38)21-26(3)32-22-28(23-40-32)35(44)39-17-8-19-43-18-7-10-34(43)36(45)47-4/h6,9,11-16,20-23,34,40H,3,5,7-8,10,17-19,24H2,1-2,4H3,(H,39,44)(H2,41,42,46). The van der Waals surface area contributed by atoms with Gasteiger partial charge in [0.1, 0.15) is 24.2 Å². The summed E-state index contributed by atoms with van der Waals surface area (Å²) in [7, 11) is 1.41. The normalized spacial score (nSPS) is 14.9. The largest absolute Gasteiger partial charge is 0.489 e. The molecule has 4 N–H and O–H groups in total. The number of esters is 1. The molecule has 0 radical (unpaired) electrons. The van der Waals surface area contributed by atoms with E-state index in [-0.39, 0.29) is 30.2 Å². The number of nitrogens with zero attached hydrogens (tertiary/aromatic N) is 1. The molecule has 1 saturated heterocycles. The number of methoxy groups -OCH3 is 1. The second-order valence-electron chi connectivity index (χ2n) is 11.6. The summed E-state index contributed by atoms with van der Waals surface area (Å²) in [4.78, 5) is 42.3. The average Bonchev–Trinajstić information content (AvgIpc) is 3.77. The predicted octanol–water partition coefficient (Wildman–Crippen LogP) is 6.85. The Morgan fingerprint density at radius 1 is 1.12 bits per heavy atom. The number of halogens is 1. The number of likely N-dealkylation sites (tertiary alicyclic amines) is 1. The monoisotopic (exact) mass is 657 g/mol. The van der Waals surface area contributed by atoms with E-state index in [1.807, 2.05) is 32.1 Å². The topological polar surface area (TPSA) is 125 Å². The van der Waals surface area contributed by atoms with Crippen LogP contribution >= 0.6 is 0 Å². The zero-order chi connectivity index (χ0) is 34.5. The molecule has 1 aromatic heterocycles. The number of H-pyrrole nitrogens is 1. The molecule has 0 saturated carbocycles. The molecule has 2 aromatic carbocycles. The maximum atomic E-state index is 14.0. The number of aromatic nitrogens is 1.